The minimum atomic E-state index is 0.0164. The first-order valence-electron chi connectivity index (χ1n) is 5.52. The lowest BCUT2D eigenvalue weighted by Gasteiger charge is -2.34. The van der Waals surface area contributed by atoms with Crippen LogP contribution in [0.15, 0.2) is 0 Å². The largest absolute Gasteiger partial charge is 0.373 e. The Hall–Kier alpha value is -0.610. The number of amides is 1. The normalized spacial score (nSPS) is 22.9. The predicted molar refractivity (Wildman–Crippen MR) is 59.4 cm³/mol. The van der Waals surface area contributed by atoms with Gasteiger partial charge in [0, 0.05) is 26.1 Å². The Bertz CT molecular complexity index is 223. The van der Waals surface area contributed by atoms with E-state index in [0.717, 1.165) is 0 Å². The van der Waals surface area contributed by atoms with Crippen molar-refractivity contribution in [3.8, 4) is 0 Å². The zero-order valence-electron chi connectivity index (χ0n) is 9.95. The van der Waals surface area contributed by atoms with E-state index >= 15 is 0 Å². The first-order valence-corrected chi connectivity index (χ1v) is 5.52. The number of morpholine rings is 1. The number of carbonyl (C=O) groups is 1. The van der Waals surface area contributed by atoms with E-state index in [9.17, 15) is 4.79 Å². The van der Waals surface area contributed by atoms with Crippen LogP contribution in [0.1, 0.15) is 27.2 Å². The van der Waals surface area contributed by atoms with Crippen molar-refractivity contribution in [1.82, 2.24) is 4.90 Å². The van der Waals surface area contributed by atoms with Crippen molar-refractivity contribution in [2.75, 3.05) is 26.2 Å². The van der Waals surface area contributed by atoms with Crippen molar-refractivity contribution in [1.29, 1.82) is 0 Å². The summed E-state index contributed by atoms with van der Waals surface area (Å²) in [6.07, 6.45) is 0.604. The Kier molecular flexibility index (Phi) is 4.11. The fourth-order valence-electron chi connectivity index (χ4n) is 1.65. The van der Waals surface area contributed by atoms with Crippen LogP contribution >= 0.6 is 0 Å². The van der Waals surface area contributed by atoms with Crippen LogP contribution in [0.25, 0.3) is 0 Å². The summed E-state index contributed by atoms with van der Waals surface area (Å²) in [4.78, 5) is 13.8. The molecule has 1 aliphatic rings. The molecule has 88 valence electrons. The first-order chi connectivity index (χ1) is 6.92. The van der Waals surface area contributed by atoms with E-state index < -0.39 is 0 Å². The summed E-state index contributed by atoms with van der Waals surface area (Å²) in [5.74, 6) is 0.212. The van der Waals surface area contributed by atoms with Gasteiger partial charge in [0.2, 0.25) is 5.91 Å². The molecular formula is C11H22N2O2. The van der Waals surface area contributed by atoms with Crippen molar-refractivity contribution < 1.29 is 9.53 Å². The topological polar surface area (TPSA) is 55.6 Å². The van der Waals surface area contributed by atoms with Gasteiger partial charge in [-0.3, -0.25) is 4.79 Å². The molecule has 1 aliphatic heterocycles. The van der Waals surface area contributed by atoms with Crippen LogP contribution in [0.2, 0.25) is 0 Å². The van der Waals surface area contributed by atoms with E-state index in [-0.39, 0.29) is 17.4 Å². The maximum absolute atomic E-state index is 11.9. The van der Waals surface area contributed by atoms with Crippen molar-refractivity contribution in [3.63, 3.8) is 0 Å². The molecule has 0 aliphatic carbocycles. The fourth-order valence-corrected chi connectivity index (χ4v) is 1.65. The highest BCUT2D eigenvalue weighted by Gasteiger charge is 2.26. The number of hydrogen-bond donors (Lipinski definition) is 1. The second kappa shape index (κ2) is 4.94. The van der Waals surface area contributed by atoms with Crippen LogP contribution < -0.4 is 5.73 Å². The number of rotatable bonds is 2. The Morgan fingerprint density at radius 3 is 2.73 bits per heavy atom. The summed E-state index contributed by atoms with van der Waals surface area (Å²) < 4.78 is 5.42. The summed E-state index contributed by atoms with van der Waals surface area (Å²) in [5, 5.41) is 0. The zero-order valence-corrected chi connectivity index (χ0v) is 9.95. The fraction of sp³-hybridized carbons (Fsp3) is 0.909. The molecule has 4 heteroatoms. The van der Waals surface area contributed by atoms with Gasteiger partial charge in [-0.15, -0.1) is 0 Å². The van der Waals surface area contributed by atoms with E-state index in [1.54, 1.807) is 0 Å². The van der Waals surface area contributed by atoms with Crippen LogP contribution in [0.3, 0.4) is 0 Å². The summed E-state index contributed by atoms with van der Waals surface area (Å²) >= 11 is 0. The molecule has 1 fully saturated rings. The maximum Gasteiger partial charge on any atom is 0.223 e. The van der Waals surface area contributed by atoms with Crippen molar-refractivity contribution in [3.05, 3.63) is 0 Å². The molecule has 1 saturated heterocycles. The summed E-state index contributed by atoms with van der Waals surface area (Å²) in [6.45, 7) is 8.66. The Labute approximate surface area is 91.8 Å². The highest BCUT2D eigenvalue weighted by molar-refractivity contribution is 5.76. The molecule has 0 spiro atoms. The van der Waals surface area contributed by atoms with Crippen molar-refractivity contribution in [2.45, 2.75) is 33.3 Å². The lowest BCUT2D eigenvalue weighted by molar-refractivity contribution is -0.140. The Morgan fingerprint density at radius 1 is 1.53 bits per heavy atom. The molecule has 0 aromatic rings. The monoisotopic (exact) mass is 214 g/mol. The summed E-state index contributed by atoms with van der Waals surface area (Å²) in [5.41, 5.74) is 5.58. The molecule has 15 heavy (non-hydrogen) atoms. The number of nitrogens with zero attached hydrogens (tertiary/aromatic N) is 1. The third kappa shape index (κ3) is 4.18. The van der Waals surface area contributed by atoms with Crippen LogP contribution in [0.5, 0.6) is 0 Å². The van der Waals surface area contributed by atoms with Crippen molar-refractivity contribution >= 4 is 5.91 Å². The highest BCUT2D eigenvalue weighted by Crippen LogP contribution is 2.20. The van der Waals surface area contributed by atoms with Gasteiger partial charge in [0.15, 0.2) is 0 Å². The van der Waals surface area contributed by atoms with E-state index in [2.05, 4.69) is 20.8 Å². The number of ether oxygens (including phenoxy) is 1. The minimum Gasteiger partial charge on any atom is -0.373 e. The molecule has 0 saturated carbocycles. The quantitative estimate of drug-likeness (QED) is 0.732. The minimum absolute atomic E-state index is 0.0164. The second-order valence-corrected chi connectivity index (χ2v) is 5.31. The molecule has 0 aromatic carbocycles. The smallest absolute Gasteiger partial charge is 0.223 e. The molecule has 1 heterocycles. The number of nitrogens with two attached hydrogens (primary N) is 1. The molecule has 2 N–H and O–H groups in total. The molecule has 1 amide bonds. The van der Waals surface area contributed by atoms with E-state index in [0.29, 0.717) is 32.7 Å². The summed E-state index contributed by atoms with van der Waals surface area (Å²) in [6, 6.07) is 0. The van der Waals surface area contributed by atoms with E-state index in [1.807, 2.05) is 4.90 Å². The van der Waals surface area contributed by atoms with Gasteiger partial charge < -0.3 is 15.4 Å². The number of hydrogen-bond acceptors (Lipinski definition) is 3. The van der Waals surface area contributed by atoms with Gasteiger partial charge in [-0.2, -0.15) is 0 Å². The lowest BCUT2D eigenvalue weighted by Crippen LogP contribution is -2.48. The van der Waals surface area contributed by atoms with Gasteiger partial charge in [-0.1, -0.05) is 20.8 Å². The molecule has 0 aromatic heterocycles. The molecular weight excluding hydrogens is 192 g/mol. The van der Waals surface area contributed by atoms with Crippen LogP contribution in [-0.4, -0.2) is 43.2 Å². The average Bonchev–Trinajstić information content (AvgIpc) is 2.15. The molecule has 1 unspecified atom stereocenters. The van der Waals surface area contributed by atoms with Gasteiger partial charge in [0.05, 0.1) is 12.7 Å². The highest BCUT2D eigenvalue weighted by atomic mass is 16.5. The molecule has 4 nitrogen and oxygen atoms in total. The third-order valence-corrected chi connectivity index (χ3v) is 2.44. The van der Waals surface area contributed by atoms with Gasteiger partial charge in [0.25, 0.3) is 0 Å². The lowest BCUT2D eigenvalue weighted by atomic mass is 9.91. The average molecular weight is 214 g/mol. The molecule has 0 bridgehead atoms. The van der Waals surface area contributed by atoms with Crippen LogP contribution in [-0.2, 0) is 9.53 Å². The standard InChI is InChI=1S/C11H22N2O2/c1-11(2,3)6-10(14)13-4-5-15-9(7-12)8-13/h9H,4-8,12H2,1-3H3. The van der Waals surface area contributed by atoms with Gasteiger partial charge >= 0.3 is 0 Å². The molecule has 0 radical (unpaired) electrons. The Morgan fingerprint density at radius 2 is 2.20 bits per heavy atom. The zero-order chi connectivity index (χ0) is 11.5. The molecule has 1 atom stereocenters. The van der Waals surface area contributed by atoms with Crippen LogP contribution in [0, 0.1) is 5.41 Å². The van der Waals surface area contributed by atoms with Gasteiger partial charge in [0.1, 0.15) is 0 Å². The van der Waals surface area contributed by atoms with Crippen molar-refractivity contribution in [2.24, 2.45) is 11.1 Å². The summed E-state index contributed by atoms with van der Waals surface area (Å²) in [7, 11) is 0. The van der Waals surface area contributed by atoms with Crippen LogP contribution in [0.4, 0.5) is 0 Å². The molecule has 1 rings (SSSR count). The maximum atomic E-state index is 11.9. The predicted octanol–water partition coefficient (Wildman–Crippen LogP) is 0.609. The first kappa shape index (κ1) is 12.5. The Balaban J connectivity index is 2.45. The number of carbonyl (C=O) groups excluding carboxylic acids is 1. The van der Waals surface area contributed by atoms with E-state index in [4.69, 9.17) is 10.5 Å². The third-order valence-electron chi connectivity index (χ3n) is 2.44. The second-order valence-electron chi connectivity index (χ2n) is 5.31. The van der Waals surface area contributed by atoms with E-state index in [1.165, 1.54) is 0 Å². The van der Waals surface area contributed by atoms with Gasteiger partial charge in [-0.25, -0.2) is 0 Å². The van der Waals surface area contributed by atoms with Gasteiger partial charge in [-0.05, 0) is 5.41 Å². The SMILES string of the molecule is CC(C)(C)CC(=O)N1CCOC(CN)C1.